The van der Waals surface area contributed by atoms with E-state index in [-0.39, 0.29) is 6.10 Å². The third-order valence-electron chi connectivity index (χ3n) is 3.57. The van der Waals surface area contributed by atoms with Gasteiger partial charge in [0.25, 0.3) is 0 Å². The Morgan fingerprint density at radius 2 is 2.37 bits per heavy atom. The fourth-order valence-electron chi connectivity index (χ4n) is 2.38. The zero-order chi connectivity index (χ0) is 13.7. The highest BCUT2D eigenvalue weighted by atomic mass is 16.5. The van der Waals surface area contributed by atoms with E-state index in [1.165, 1.54) is 0 Å². The summed E-state index contributed by atoms with van der Waals surface area (Å²) < 4.78 is 5.75. The average molecular weight is 259 g/mol. The first-order valence-electron chi connectivity index (χ1n) is 6.82. The third-order valence-corrected chi connectivity index (χ3v) is 3.57. The van der Waals surface area contributed by atoms with Gasteiger partial charge in [-0.3, -0.25) is 4.90 Å². The van der Waals surface area contributed by atoms with Crippen LogP contribution in [0.5, 0.6) is 0 Å². The number of benzene rings is 1. The van der Waals surface area contributed by atoms with E-state index in [4.69, 9.17) is 4.74 Å². The molecule has 4 heteroatoms. The van der Waals surface area contributed by atoms with Crippen LogP contribution in [0.3, 0.4) is 0 Å². The van der Waals surface area contributed by atoms with Crippen LogP contribution < -0.4 is 5.32 Å². The summed E-state index contributed by atoms with van der Waals surface area (Å²) in [6, 6.07) is 8.14. The lowest BCUT2D eigenvalue weighted by Crippen LogP contribution is -2.45. The topological polar surface area (TPSA) is 48.3 Å². The lowest BCUT2D eigenvalue weighted by molar-refractivity contribution is -0.0191. The molecule has 0 spiro atoms. The molecule has 0 radical (unpaired) electrons. The van der Waals surface area contributed by atoms with Crippen molar-refractivity contribution >= 4 is 5.69 Å². The van der Waals surface area contributed by atoms with E-state index in [1.54, 1.807) is 0 Å². The normalized spacial score (nSPS) is 19.9. The fraction of sp³-hybridized carbons (Fsp3) is 0.533. The van der Waals surface area contributed by atoms with Crippen molar-refractivity contribution in [3.05, 3.63) is 29.3 Å². The summed E-state index contributed by atoms with van der Waals surface area (Å²) in [6.45, 7) is 8.70. The Morgan fingerprint density at radius 1 is 1.53 bits per heavy atom. The van der Waals surface area contributed by atoms with Gasteiger partial charge in [0.1, 0.15) is 6.07 Å². The van der Waals surface area contributed by atoms with Crippen molar-refractivity contribution in [1.82, 2.24) is 4.90 Å². The Hall–Kier alpha value is -1.57. The highest BCUT2D eigenvalue weighted by Crippen LogP contribution is 2.18. The Labute approximate surface area is 115 Å². The largest absolute Gasteiger partial charge is 0.381 e. The van der Waals surface area contributed by atoms with E-state index in [9.17, 15) is 5.26 Å². The van der Waals surface area contributed by atoms with Crippen LogP contribution >= 0.6 is 0 Å². The second-order valence-corrected chi connectivity index (χ2v) is 4.88. The van der Waals surface area contributed by atoms with Gasteiger partial charge in [-0.2, -0.15) is 5.26 Å². The third kappa shape index (κ3) is 3.46. The molecule has 1 aliphatic heterocycles. The van der Waals surface area contributed by atoms with Crippen molar-refractivity contribution in [2.24, 2.45) is 0 Å². The number of hydrogen-bond acceptors (Lipinski definition) is 4. The summed E-state index contributed by atoms with van der Waals surface area (Å²) in [6.07, 6.45) is 0.195. The second-order valence-electron chi connectivity index (χ2n) is 4.88. The van der Waals surface area contributed by atoms with E-state index < -0.39 is 0 Å². The molecule has 102 valence electrons. The minimum absolute atomic E-state index is 0.195. The van der Waals surface area contributed by atoms with Crippen LogP contribution in [0, 0.1) is 18.3 Å². The first-order chi connectivity index (χ1) is 9.24. The summed E-state index contributed by atoms with van der Waals surface area (Å²) in [4.78, 5) is 2.39. The van der Waals surface area contributed by atoms with Gasteiger partial charge >= 0.3 is 0 Å². The van der Waals surface area contributed by atoms with Crippen LogP contribution in [0.2, 0.25) is 0 Å². The highest BCUT2D eigenvalue weighted by Gasteiger charge is 2.19. The number of nitrogens with one attached hydrogen (secondary N) is 1. The van der Waals surface area contributed by atoms with Crippen molar-refractivity contribution in [2.45, 2.75) is 20.0 Å². The molecule has 0 amide bonds. The molecule has 0 aliphatic carbocycles. The fourth-order valence-corrected chi connectivity index (χ4v) is 2.38. The number of anilines is 1. The number of rotatable bonds is 4. The molecule has 0 aromatic heterocycles. The van der Waals surface area contributed by atoms with Gasteiger partial charge < -0.3 is 10.1 Å². The molecule has 1 aromatic rings. The lowest BCUT2D eigenvalue weighted by atomic mass is 10.1. The van der Waals surface area contributed by atoms with Gasteiger partial charge in [-0.05, 0) is 25.1 Å². The first kappa shape index (κ1) is 13.9. The molecule has 1 unspecified atom stereocenters. The number of hydrogen-bond donors (Lipinski definition) is 1. The molecule has 2 rings (SSSR count). The van der Waals surface area contributed by atoms with Crippen LogP contribution in [-0.2, 0) is 4.74 Å². The molecule has 1 aromatic carbocycles. The zero-order valence-corrected chi connectivity index (χ0v) is 11.6. The predicted molar refractivity (Wildman–Crippen MR) is 76.2 cm³/mol. The summed E-state index contributed by atoms with van der Waals surface area (Å²) in [5.41, 5.74) is 2.64. The average Bonchev–Trinajstić information content (AvgIpc) is 2.45. The van der Waals surface area contributed by atoms with E-state index in [2.05, 4.69) is 23.2 Å². The molecule has 4 nitrogen and oxygen atoms in total. The SMILES string of the molecule is CCN1CCOC(CNc2cccc(C)c2C#N)C1. The molecule has 1 aliphatic rings. The van der Waals surface area contributed by atoms with Crippen LogP contribution in [0.15, 0.2) is 18.2 Å². The van der Waals surface area contributed by atoms with Gasteiger partial charge in [0.15, 0.2) is 0 Å². The van der Waals surface area contributed by atoms with Gasteiger partial charge in [0.2, 0.25) is 0 Å². The van der Waals surface area contributed by atoms with Crippen molar-refractivity contribution in [2.75, 3.05) is 38.1 Å². The molecule has 1 heterocycles. The minimum atomic E-state index is 0.195. The monoisotopic (exact) mass is 259 g/mol. The maximum atomic E-state index is 9.19. The van der Waals surface area contributed by atoms with Crippen molar-refractivity contribution in [3.8, 4) is 6.07 Å². The standard InChI is InChI=1S/C15H21N3O/c1-3-18-7-8-19-13(11-18)10-17-15-6-4-5-12(2)14(15)9-16/h4-6,13,17H,3,7-8,10-11H2,1-2H3. The minimum Gasteiger partial charge on any atom is -0.381 e. The molecular weight excluding hydrogens is 238 g/mol. The Balaban J connectivity index is 1.96. The summed E-state index contributed by atoms with van der Waals surface area (Å²) in [5.74, 6) is 0. The predicted octanol–water partition coefficient (Wildman–Crippen LogP) is 2.00. The van der Waals surface area contributed by atoms with Gasteiger partial charge in [-0.1, -0.05) is 19.1 Å². The van der Waals surface area contributed by atoms with Crippen molar-refractivity contribution in [3.63, 3.8) is 0 Å². The lowest BCUT2D eigenvalue weighted by Gasteiger charge is -2.32. The Morgan fingerprint density at radius 3 is 3.11 bits per heavy atom. The highest BCUT2D eigenvalue weighted by molar-refractivity contribution is 5.60. The molecule has 1 fully saturated rings. The van der Waals surface area contributed by atoms with Crippen molar-refractivity contribution < 1.29 is 4.74 Å². The van der Waals surface area contributed by atoms with E-state index in [0.29, 0.717) is 0 Å². The van der Waals surface area contributed by atoms with Crippen molar-refractivity contribution in [1.29, 1.82) is 5.26 Å². The maximum Gasteiger partial charge on any atom is 0.102 e. The molecule has 1 N–H and O–H groups in total. The smallest absolute Gasteiger partial charge is 0.102 e. The first-order valence-corrected chi connectivity index (χ1v) is 6.82. The quantitative estimate of drug-likeness (QED) is 0.898. The van der Waals surface area contributed by atoms with Gasteiger partial charge in [0.05, 0.1) is 24.0 Å². The number of ether oxygens (including phenoxy) is 1. The molecule has 19 heavy (non-hydrogen) atoms. The van der Waals surface area contributed by atoms with E-state index in [1.807, 2.05) is 25.1 Å². The number of aryl methyl sites for hydroxylation is 1. The molecule has 0 saturated carbocycles. The van der Waals surface area contributed by atoms with Gasteiger partial charge in [0, 0.05) is 19.6 Å². The van der Waals surface area contributed by atoms with Crippen LogP contribution in [0.1, 0.15) is 18.1 Å². The molecule has 1 saturated heterocycles. The zero-order valence-electron chi connectivity index (χ0n) is 11.6. The second kappa shape index (κ2) is 6.55. The summed E-state index contributed by atoms with van der Waals surface area (Å²) in [7, 11) is 0. The van der Waals surface area contributed by atoms with Crippen LogP contribution in [0.25, 0.3) is 0 Å². The van der Waals surface area contributed by atoms with Gasteiger partial charge in [-0.15, -0.1) is 0 Å². The molecule has 0 bridgehead atoms. The van der Waals surface area contributed by atoms with Crippen LogP contribution in [-0.4, -0.2) is 43.8 Å². The molecular formula is C15H21N3O. The van der Waals surface area contributed by atoms with E-state index >= 15 is 0 Å². The maximum absolute atomic E-state index is 9.19. The Kier molecular flexibility index (Phi) is 4.78. The van der Waals surface area contributed by atoms with Crippen LogP contribution in [0.4, 0.5) is 5.69 Å². The number of nitriles is 1. The molecule has 1 atom stereocenters. The Bertz CT molecular complexity index is 467. The summed E-state index contributed by atoms with van der Waals surface area (Å²) >= 11 is 0. The summed E-state index contributed by atoms with van der Waals surface area (Å²) in [5, 5.41) is 12.5. The number of likely N-dealkylation sites (N-methyl/N-ethyl adjacent to an activating group) is 1. The van der Waals surface area contributed by atoms with E-state index in [0.717, 1.165) is 49.6 Å². The number of nitrogens with zero attached hydrogens (tertiary/aromatic N) is 2. The number of morpholine rings is 1. The van der Waals surface area contributed by atoms with Gasteiger partial charge in [-0.25, -0.2) is 0 Å².